The lowest BCUT2D eigenvalue weighted by Gasteiger charge is -2.25. The summed E-state index contributed by atoms with van der Waals surface area (Å²) in [6.45, 7) is 1.85. The average Bonchev–Trinajstić information content (AvgIpc) is 3.40. The monoisotopic (exact) mass is 471 g/mol. The summed E-state index contributed by atoms with van der Waals surface area (Å²) in [5.41, 5.74) is 0.596. The molecule has 3 aromatic rings. The second-order valence-corrected chi connectivity index (χ2v) is 8.23. The van der Waals surface area contributed by atoms with Crippen molar-refractivity contribution in [3.63, 3.8) is 0 Å². The number of pyridine rings is 1. The predicted octanol–water partition coefficient (Wildman–Crippen LogP) is 5.54. The molecule has 1 aromatic heterocycles. The van der Waals surface area contributed by atoms with Gasteiger partial charge in [0.1, 0.15) is 17.1 Å². The number of carbonyl (C=O) groups is 2. The van der Waals surface area contributed by atoms with Crippen molar-refractivity contribution in [1.29, 1.82) is 0 Å². The lowest BCUT2D eigenvalue weighted by Crippen LogP contribution is -2.39. The molecule has 2 heterocycles. The molecule has 0 N–H and O–H groups in total. The largest absolute Gasteiger partial charge is 0.573 e. The van der Waals surface area contributed by atoms with Gasteiger partial charge in [-0.1, -0.05) is 19.1 Å². The number of alkyl halides is 3. The first-order valence-corrected chi connectivity index (χ1v) is 10.4. The lowest BCUT2D eigenvalue weighted by atomic mass is 10.0. The Morgan fingerprint density at radius 3 is 2.26 bits per heavy atom. The van der Waals surface area contributed by atoms with Crippen LogP contribution in [0.5, 0.6) is 5.75 Å². The van der Waals surface area contributed by atoms with Gasteiger partial charge in [-0.25, -0.2) is 14.1 Å². The van der Waals surface area contributed by atoms with E-state index in [9.17, 15) is 27.2 Å². The zero-order valence-corrected chi connectivity index (χ0v) is 17.7. The van der Waals surface area contributed by atoms with Crippen molar-refractivity contribution in [2.75, 3.05) is 9.80 Å². The van der Waals surface area contributed by atoms with E-state index in [1.54, 1.807) is 18.2 Å². The molecule has 1 aliphatic carbocycles. The molecule has 1 aliphatic heterocycles. The Morgan fingerprint density at radius 1 is 1.03 bits per heavy atom. The van der Waals surface area contributed by atoms with E-state index in [2.05, 4.69) is 9.72 Å². The lowest BCUT2D eigenvalue weighted by molar-refractivity contribution is -0.274. The van der Waals surface area contributed by atoms with Crippen molar-refractivity contribution in [2.24, 2.45) is 5.92 Å². The Morgan fingerprint density at radius 2 is 1.68 bits per heavy atom. The first kappa shape index (κ1) is 21.9. The molecule has 1 saturated heterocycles. The van der Waals surface area contributed by atoms with Crippen LogP contribution in [0.25, 0.3) is 11.1 Å². The van der Waals surface area contributed by atoms with Gasteiger partial charge in [0.05, 0.1) is 11.4 Å². The number of hydrogen-bond acceptors (Lipinski definition) is 4. The molecule has 2 fully saturated rings. The smallest absolute Gasteiger partial charge is 0.406 e. The molecule has 2 atom stereocenters. The van der Waals surface area contributed by atoms with E-state index in [1.165, 1.54) is 41.6 Å². The van der Waals surface area contributed by atoms with Crippen LogP contribution in [0.1, 0.15) is 13.3 Å². The third-order valence-electron chi connectivity index (χ3n) is 6.15. The van der Waals surface area contributed by atoms with Gasteiger partial charge in [-0.3, -0.25) is 14.7 Å². The Labute approximate surface area is 191 Å². The summed E-state index contributed by atoms with van der Waals surface area (Å²) in [6.07, 6.45) is -1.41. The van der Waals surface area contributed by atoms with Crippen molar-refractivity contribution >= 4 is 23.3 Å². The van der Waals surface area contributed by atoms with Crippen LogP contribution >= 0.6 is 0 Å². The van der Waals surface area contributed by atoms with Crippen LogP contribution in [0.3, 0.4) is 0 Å². The molecule has 1 saturated carbocycles. The zero-order valence-electron chi connectivity index (χ0n) is 17.7. The molecule has 34 heavy (non-hydrogen) atoms. The van der Waals surface area contributed by atoms with Crippen LogP contribution in [0, 0.1) is 11.7 Å². The summed E-state index contributed by atoms with van der Waals surface area (Å²) >= 11 is 0. The zero-order chi connectivity index (χ0) is 24.3. The molecule has 2 aliphatic rings. The number of anilines is 2. The van der Waals surface area contributed by atoms with Crippen molar-refractivity contribution in [1.82, 2.24) is 4.98 Å². The number of benzene rings is 2. The number of ether oxygens (including phenoxy) is 1. The normalized spacial score (nSPS) is 22.0. The molecule has 6 nitrogen and oxygen atoms in total. The van der Waals surface area contributed by atoms with Crippen LogP contribution in [-0.2, 0) is 4.79 Å². The second kappa shape index (κ2) is 7.54. The number of urea groups is 1. The van der Waals surface area contributed by atoms with E-state index >= 15 is 0 Å². The molecule has 5 rings (SSSR count). The van der Waals surface area contributed by atoms with Gasteiger partial charge in [0.25, 0.3) is 5.91 Å². The number of carbonyl (C=O) groups excluding carboxylic acids is 2. The number of rotatable bonds is 4. The third-order valence-corrected chi connectivity index (χ3v) is 6.15. The van der Waals surface area contributed by atoms with Crippen molar-refractivity contribution in [3.8, 4) is 16.9 Å². The molecule has 2 aromatic carbocycles. The fraction of sp³-hybridized carbons (Fsp3) is 0.208. The number of halogens is 4. The van der Waals surface area contributed by atoms with Crippen LogP contribution in [0.4, 0.5) is 33.7 Å². The number of aromatic nitrogens is 1. The van der Waals surface area contributed by atoms with E-state index < -0.39 is 35.4 Å². The van der Waals surface area contributed by atoms with E-state index in [0.717, 1.165) is 17.0 Å². The maximum absolute atomic E-state index is 13.6. The van der Waals surface area contributed by atoms with Gasteiger partial charge in [-0.15, -0.1) is 13.2 Å². The molecule has 0 radical (unpaired) electrons. The van der Waals surface area contributed by atoms with Gasteiger partial charge < -0.3 is 4.74 Å². The molecule has 2 unspecified atom stereocenters. The Bertz CT molecular complexity index is 1280. The summed E-state index contributed by atoms with van der Waals surface area (Å²) in [7, 11) is 0. The van der Waals surface area contributed by atoms with Gasteiger partial charge >= 0.3 is 12.4 Å². The molecule has 174 valence electrons. The van der Waals surface area contributed by atoms with Gasteiger partial charge in [0.15, 0.2) is 0 Å². The number of amides is 3. The van der Waals surface area contributed by atoms with E-state index in [1.807, 2.05) is 6.92 Å². The number of hydrogen-bond donors (Lipinski definition) is 0. The average molecular weight is 471 g/mol. The van der Waals surface area contributed by atoms with Crippen molar-refractivity contribution in [3.05, 3.63) is 72.8 Å². The highest BCUT2D eigenvalue weighted by Crippen LogP contribution is 2.56. The minimum Gasteiger partial charge on any atom is -0.406 e. The Balaban J connectivity index is 1.55. The summed E-state index contributed by atoms with van der Waals surface area (Å²) < 4.78 is 54.8. The van der Waals surface area contributed by atoms with Gasteiger partial charge in [0, 0.05) is 18.0 Å². The van der Waals surface area contributed by atoms with Crippen LogP contribution in [-0.4, -0.2) is 28.8 Å². The fourth-order valence-corrected chi connectivity index (χ4v) is 4.44. The first-order valence-electron chi connectivity index (χ1n) is 10.4. The quantitative estimate of drug-likeness (QED) is 0.370. The predicted molar refractivity (Wildman–Crippen MR) is 115 cm³/mol. The highest BCUT2D eigenvalue weighted by Gasteiger charge is 2.70. The van der Waals surface area contributed by atoms with Crippen LogP contribution in [0.15, 0.2) is 67.0 Å². The second-order valence-electron chi connectivity index (χ2n) is 8.23. The standard InChI is InChI=1S/C24H17F4N3O3/c1-14-12-23(14)21(32)30(17-6-8-18(9-7-17)34-24(26,27)28)22(33)31(23)20-10-11-29-13-19(20)15-2-4-16(25)5-3-15/h2-11,13-14H,12H2,1H3. The Hall–Kier alpha value is -3.95. The van der Waals surface area contributed by atoms with Gasteiger partial charge in [0.2, 0.25) is 0 Å². The molecule has 1 spiro atoms. The minimum absolute atomic E-state index is 0.128. The summed E-state index contributed by atoms with van der Waals surface area (Å²) in [5.74, 6) is -1.49. The third kappa shape index (κ3) is 3.46. The first-order chi connectivity index (χ1) is 16.1. The van der Waals surface area contributed by atoms with Crippen molar-refractivity contribution < 1.29 is 31.9 Å². The minimum atomic E-state index is -4.86. The molecule has 0 bridgehead atoms. The number of nitrogens with zero attached hydrogens (tertiary/aromatic N) is 3. The topological polar surface area (TPSA) is 62.7 Å². The molecule has 3 amide bonds. The highest BCUT2D eigenvalue weighted by atomic mass is 19.4. The van der Waals surface area contributed by atoms with E-state index in [0.29, 0.717) is 23.2 Å². The molecular formula is C24H17F4N3O3. The summed E-state index contributed by atoms with van der Waals surface area (Å²) in [6, 6.07) is 11.2. The van der Waals surface area contributed by atoms with E-state index in [-0.39, 0.29) is 11.6 Å². The maximum Gasteiger partial charge on any atom is 0.573 e. The van der Waals surface area contributed by atoms with Gasteiger partial charge in [-0.2, -0.15) is 0 Å². The molecular weight excluding hydrogens is 454 g/mol. The Kier molecular flexibility index (Phi) is 4.85. The van der Waals surface area contributed by atoms with Crippen LogP contribution in [0.2, 0.25) is 0 Å². The van der Waals surface area contributed by atoms with Gasteiger partial charge in [-0.05, 0) is 60.4 Å². The SMILES string of the molecule is CC1CC12C(=O)N(c1ccc(OC(F)(F)F)cc1)C(=O)N2c1ccncc1-c1ccc(F)cc1. The number of imide groups is 1. The fourth-order valence-electron chi connectivity index (χ4n) is 4.44. The molecule has 10 heteroatoms. The maximum atomic E-state index is 13.6. The highest BCUT2D eigenvalue weighted by molar-refractivity contribution is 6.32. The van der Waals surface area contributed by atoms with Crippen molar-refractivity contribution in [2.45, 2.75) is 25.2 Å². The summed E-state index contributed by atoms with van der Waals surface area (Å²) in [5, 5.41) is 0. The summed E-state index contributed by atoms with van der Waals surface area (Å²) in [4.78, 5) is 33.6. The van der Waals surface area contributed by atoms with Crippen LogP contribution < -0.4 is 14.5 Å². The van der Waals surface area contributed by atoms with E-state index in [4.69, 9.17) is 0 Å².